The molecule has 0 aliphatic carbocycles. The number of nitrogens with one attached hydrogen (secondary N) is 1. The molecule has 31 heavy (non-hydrogen) atoms. The highest BCUT2D eigenvalue weighted by Crippen LogP contribution is 2.25. The summed E-state index contributed by atoms with van der Waals surface area (Å²) in [6, 6.07) is 15.2. The van der Waals surface area contributed by atoms with Crippen LogP contribution in [0, 0.1) is 13.8 Å². The van der Waals surface area contributed by atoms with Crippen molar-refractivity contribution < 1.29 is 0 Å². The van der Waals surface area contributed by atoms with Crippen LogP contribution in [0.2, 0.25) is 0 Å². The number of aromatic nitrogens is 4. The third-order valence-corrected chi connectivity index (χ3v) is 6.76. The Hall–Kier alpha value is -3.23. The van der Waals surface area contributed by atoms with E-state index in [0.717, 1.165) is 16.8 Å². The standard InChI is InChI=1S/C23H18N4O2S2/c1-13-9-14(2)11-15(10-13)27-22(29)16-5-3-4-6-17(16)25-23(27)31-12-19-24-18-7-8-30-20(18)21(28)26-19/h3-11H,12H2,1-2H3,(H,24,26,28). The van der Waals surface area contributed by atoms with Gasteiger partial charge in [-0.3, -0.25) is 14.2 Å². The zero-order valence-corrected chi connectivity index (χ0v) is 18.5. The van der Waals surface area contributed by atoms with Gasteiger partial charge in [0.15, 0.2) is 5.16 Å². The normalized spacial score (nSPS) is 11.4. The van der Waals surface area contributed by atoms with E-state index in [0.29, 0.717) is 37.9 Å². The molecule has 6 nitrogen and oxygen atoms in total. The minimum absolute atomic E-state index is 0.118. The lowest BCUT2D eigenvalue weighted by atomic mass is 10.1. The number of thioether (sulfide) groups is 1. The minimum Gasteiger partial charge on any atom is -0.309 e. The van der Waals surface area contributed by atoms with E-state index in [2.05, 4.69) is 16.0 Å². The summed E-state index contributed by atoms with van der Waals surface area (Å²) >= 11 is 2.75. The molecule has 0 unspecified atom stereocenters. The smallest absolute Gasteiger partial charge is 0.268 e. The third-order valence-electron chi connectivity index (χ3n) is 4.91. The van der Waals surface area contributed by atoms with Crippen LogP contribution in [-0.4, -0.2) is 19.5 Å². The van der Waals surface area contributed by atoms with Gasteiger partial charge in [0.05, 0.1) is 27.9 Å². The van der Waals surface area contributed by atoms with E-state index in [9.17, 15) is 9.59 Å². The Bertz CT molecular complexity index is 1550. The second-order valence-corrected chi connectivity index (χ2v) is 9.19. The average Bonchev–Trinajstić information content (AvgIpc) is 3.21. The van der Waals surface area contributed by atoms with Gasteiger partial charge in [-0.25, -0.2) is 9.97 Å². The molecule has 0 fully saturated rings. The molecule has 5 aromatic rings. The van der Waals surface area contributed by atoms with E-state index in [-0.39, 0.29) is 11.1 Å². The largest absolute Gasteiger partial charge is 0.309 e. The Morgan fingerprint density at radius 1 is 1.00 bits per heavy atom. The van der Waals surface area contributed by atoms with Crippen molar-refractivity contribution in [3.63, 3.8) is 0 Å². The SMILES string of the molecule is Cc1cc(C)cc(-n2c(SCc3nc4ccsc4c(=O)[nH]3)nc3ccccc3c2=O)c1. The summed E-state index contributed by atoms with van der Waals surface area (Å²) in [7, 11) is 0. The highest BCUT2D eigenvalue weighted by Gasteiger charge is 2.15. The van der Waals surface area contributed by atoms with Gasteiger partial charge in [-0.2, -0.15) is 0 Å². The molecular formula is C23H18N4O2S2. The maximum atomic E-state index is 13.4. The zero-order valence-electron chi connectivity index (χ0n) is 16.9. The van der Waals surface area contributed by atoms with E-state index >= 15 is 0 Å². The molecule has 8 heteroatoms. The Labute approximate surface area is 185 Å². The lowest BCUT2D eigenvalue weighted by molar-refractivity contribution is 0.816. The van der Waals surface area contributed by atoms with Crippen LogP contribution >= 0.6 is 23.1 Å². The third kappa shape index (κ3) is 3.68. The Kier molecular flexibility index (Phi) is 4.95. The van der Waals surface area contributed by atoms with Crippen LogP contribution in [0.3, 0.4) is 0 Å². The van der Waals surface area contributed by atoms with Gasteiger partial charge in [-0.15, -0.1) is 11.3 Å². The van der Waals surface area contributed by atoms with Gasteiger partial charge in [0, 0.05) is 0 Å². The van der Waals surface area contributed by atoms with E-state index in [1.54, 1.807) is 10.6 Å². The number of aryl methyl sites for hydroxylation is 2. The average molecular weight is 447 g/mol. The molecule has 0 amide bonds. The summed E-state index contributed by atoms with van der Waals surface area (Å²) in [4.78, 5) is 37.9. The number of H-pyrrole nitrogens is 1. The second kappa shape index (κ2) is 7.79. The van der Waals surface area contributed by atoms with Crippen molar-refractivity contribution in [1.82, 2.24) is 19.5 Å². The molecular weight excluding hydrogens is 428 g/mol. The Morgan fingerprint density at radius 2 is 1.77 bits per heavy atom. The van der Waals surface area contributed by atoms with Crippen LogP contribution in [0.5, 0.6) is 0 Å². The summed E-state index contributed by atoms with van der Waals surface area (Å²) in [5.41, 5.74) is 3.98. The monoisotopic (exact) mass is 446 g/mol. The first-order valence-corrected chi connectivity index (χ1v) is 11.6. The van der Waals surface area contributed by atoms with E-state index in [1.807, 2.05) is 55.6 Å². The number of aromatic amines is 1. The molecule has 0 aliphatic rings. The fourth-order valence-corrected chi connectivity index (χ4v) is 5.25. The fourth-order valence-electron chi connectivity index (χ4n) is 3.64. The maximum absolute atomic E-state index is 13.4. The predicted molar refractivity (Wildman–Crippen MR) is 127 cm³/mol. The minimum atomic E-state index is -0.145. The molecule has 0 spiro atoms. The molecule has 0 bridgehead atoms. The highest BCUT2D eigenvalue weighted by atomic mass is 32.2. The van der Waals surface area contributed by atoms with E-state index in [1.165, 1.54) is 23.1 Å². The van der Waals surface area contributed by atoms with Gasteiger partial charge in [0.1, 0.15) is 10.5 Å². The summed E-state index contributed by atoms with van der Waals surface area (Å²) < 4.78 is 2.26. The molecule has 3 aromatic heterocycles. The number of rotatable bonds is 4. The number of nitrogens with zero attached hydrogens (tertiary/aromatic N) is 3. The van der Waals surface area contributed by atoms with Crippen molar-refractivity contribution >= 4 is 44.2 Å². The highest BCUT2D eigenvalue weighted by molar-refractivity contribution is 7.98. The van der Waals surface area contributed by atoms with Crippen LogP contribution in [0.25, 0.3) is 26.8 Å². The summed E-state index contributed by atoms with van der Waals surface area (Å²) in [6.07, 6.45) is 0. The van der Waals surface area contributed by atoms with Crippen molar-refractivity contribution in [1.29, 1.82) is 0 Å². The number of hydrogen-bond donors (Lipinski definition) is 1. The van der Waals surface area contributed by atoms with Crippen molar-refractivity contribution in [3.05, 3.63) is 91.6 Å². The summed E-state index contributed by atoms with van der Waals surface area (Å²) in [5, 5.41) is 2.98. The summed E-state index contributed by atoms with van der Waals surface area (Å²) in [5.74, 6) is 0.937. The second-order valence-electron chi connectivity index (χ2n) is 7.33. The van der Waals surface area contributed by atoms with Crippen LogP contribution < -0.4 is 11.1 Å². The first kappa shape index (κ1) is 19.7. The number of fused-ring (bicyclic) bond motifs is 2. The number of hydrogen-bond acceptors (Lipinski definition) is 6. The van der Waals surface area contributed by atoms with E-state index in [4.69, 9.17) is 4.98 Å². The van der Waals surface area contributed by atoms with Crippen LogP contribution in [0.15, 0.2) is 68.7 Å². The van der Waals surface area contributed by atoms with E-state index < -0.39 is 0 Å². The zero-order chi connectivity index (χ0) is 21.5. The molecule has 2 aromatic carbocycles. The van der Waals surface area contributed by atoms with Crippen LogP contribution in [0.1, 0.15) is 17.0 Å². The quantitative estimate of drug-likeness (QED) is 0.323. The van der Waals surface area contributed by atoms with Gasteiger partial charge >= 0.3 is 0 Å². The van der Waals surface area contributed by atoms with Gasteiger partial charge in [0.2, 0.25) is 0 Å². The maximum Gasteiger partial charge on any atom is 0.268 e. The lowest BCUT2D eigenvalue weighted by Crippen LogP contribution is -2.22. The van der Waals surface area contributed by atoms with Crippen LogP contribution in [-0.2, 0) is 5.75 Å². The fraction of sp³-hybridized carbons (Fsp3) is 0.130. The molecule has 0 saturated carbocycles. The Balaban J connectivity index is 1.64. The summed E-state index contributed by atoms with van der Waals surface area (Å²) in [6.45, 7) is 4.01. The van der Waals surface area contributed by atoms with Crippen LogP contribution in [0.4, 0.5) is 0 Å². The molecule has 0 radical (unpaired) electrons. The van der Waals surface area contributed by atoms with Crippen molar-refractivity contribution in [3.8, 4) is 5.69 Å². The first-order chi connectivity index (χ1) is 15.0. The molecule has 5 rings (SSSR count). The van der Waals surface area contributed by atoms with Crippen molar-refractivity contribution in [2.45, 2.75) is 24.8 Å². The van der Waals surface area contributed by atoms with Gasteiger partial charge in [0.25, 0.3) is 11.1 Å². The number of thiophene rings is 1. The Morgan fingerprint density at radius 3 is 2.58 bits per heavy atom. The number of para-hydroxylation sites is 1. The van der Waals surface area contributed by atoms with Gasteiger partial charge < -0.3 is 4.98 Å². The molecule has 0 aliphatic heterocycles. The molecule has 3 heterocycles. The molecule has 1 N–H and O–H groups in total. The number of benzene rings is 2. The molecule has 0 saturated heterocycles. The lowest BCUT2D eigenvalue weighted by Gasteiger charge is -2.14. The predicted octanol–water partition coefficient (Wildman–Crippen LogP) is 4.59. The van der Waals surface area contributed by atoms with Crippen molar-refractivity contribution in [2.24, 2.45) is 0 Å². The van der Waals surface area contributed by atoms with Gasteiger partial charge in [-0.05, 0) is 60.7 Å². The topological polar surface area (TPSA) is 80.6 Å². The van der Waals surface area contributed by atoms with Crippen molar-refractivity contribution in [2.75, 3.05) is 0 Å². The molecule has 154 valence electrons. The first-order valence-electron chi connectivity index (χ1n) is 9.69. The molecule has 0 atom stereocenters. The van der Waals surface area contributed by atoms with Gasteiger partial charge in [-0.1, -0.05) is 30.0 Å².